The van der Waals surface area contributed by atoms with Crippen LogP contribution in [-0.2, 0) is 19.1 Å². The Kier molecular flexibility index (Phi) is 9.89. The predicted molar refractivity (Wildman–Crippen MR) is 114 cm³/mol. The Balaban J connectivity index is 1.81. The summed E-state index contributed by atoms with van der Waals surface area (Å²) in [4.78, 5) is 35.6. The van der Waals surface area contributed by atoms with E-state index in [0.717, 1.165) is 23.7 Å². The van der Waals surface area contributed by atoms with Crippen LogP contribution in [0.15, 0.2) is 28.6 Å². The molecule has 2 rings (SSSR count). The highest BCUT2D eigenvalue weighted by Crippen LogP contribution is 2.29. The molecule has 10 nitrogen and oxygen atoms in total. The lowest BCUT2D eigenvalue weighted by Crippen LogP contribution is -2.47. The van der Waals surface area contributed by atoms with Gasteiger partial charge in [-0.2, -0.15) is 5.26 Å². The maximum atomic E-state index is 12.1. The van der Waals surface area contributed by atoms with Crippen LogP contribution in [0.1, 0.15) is 25.3 Å². The highest BCUT2D eigenvalue weighted by molar-refractivity contribution is 8.01. The van der Waals surface area contributed by atoms with Gasteiger partial charge in [-0.15, -0.1) is 10.2 Å². The van der Waals surface area contributed by atoms with E-state index in [9.17, 15) is 14.4 Å². The van der Waals surface area contributed by atoms with E-state index in [1.54, 1.807) is 24.3 Å². The first-order chi connectivity index (χ1) is 15.0. The lowest BCUT2D eigenvalue weighted by molar-refractivity contribution is -0.159. The van der Waals surface area contributed by atoms with Crippen LogP contribution in [0.5, 0.6) is 0 Å². The van der Waals surface area contributed by atoms with E-state index in [1.165, 1.54) is 11.3 Å². The van der Waals surface area contributed by atoms with Gasteiger partial charge in [-0.05, 0) is 18.6 Å². The smallest absolute Gasteiger partial charge is 0.407 e. The average Bonchev–Trinajstić information content (AvgIpc) is 3.25. The number of amides is 1. The van der Waals surface area contributed by atoms with E-state index in [0.29, 0.717) is 21.3 Å². The Bertz CT molecular complexity index is 942. The van der Waals surface area contributed by atoms with Gasteiger partial charge in [0.15, 0.2) is 4.34 Å². The number of thioether (sulfide) groups is 1. The van der Waals surface area contributed by atoms with Gasteiger partial charge in [0, 0.05) is 12.1 Å². The molecule has 1 aromatic carbocycles. The van der Waals surface area contributed by atoms with E-state index in [4.69, 9.17) is 20.5 Å². The molecular weight excluding hydrogens is 442 g/mol. The highest BCUT2D eigenvalue weighted by Gasteiger charge is 2.24. The van der Waals surface area contributed by atoms with Crippen LogP contribution < -0.4 is 11.1 Å². The Labute approximate surface area is 187 Å². The van der Waals surface area contributed by atoms with Gasteiger partial charge >= 0.3 is 18.0 Å². The second-order valence-electron chi connectivity index (χ2n) is 6.07. The number of benzene rings is 1. The van der Waals surface area contributed by atoms with Crippen molar-refractivity contribution in [2.45, 2.75) is 30.1 Å². The molecule has 164 valence electrons. The maximum Gasteiger partial charge on any atom is 0.407 e. The van der Waals surface area contributed by atoms with Crippen molar-refractivity contribution >= 4 is 41.1 Å². The third-order valence-electron chi connectivity index (χ3n) is 3.74. The summed E-state index contributed by atoms with van der Waals surface area (Å²) >= 11 is 2.32. The first kappa shape index (κ1) is 24.3. The summed E-state index contributed by atoms with van der Waals surface area (Å²) in [7, 11) is 0. The minimum absolute atomic E-state index is 0.175. The largest absolute Gasteiger partial charge is 0.450 e. The third-order valence-corrected chi connectivity index (χ3v) is 5.82. The number of alkyl carbamates (subject to hydrolysis) is 1. The lowest BCUT2D eigenvalue weighted by Gasteiger charge is -2.14. The zero-order valence-electron chi connectivity index (χ0n) is 16.7. The number of hydrogen-bond acceptors (Lipinski definition) is 11. The summed E-state index contributed by atoms with van der Waals surface area (Å²) in [6.07, 6.45) is 0.747. The van der Waals surface area contributed by atoms with E-state index < -0.39 is 24.1 Å². The van der Waals surface area contributed by atoms with Crippen molar-refractivity contribution in [2.24, 2.45) is 5.73 Å². The van der Waals surface area contributed by atoms with Crippen molar-refractivity contribution in [3.8, 4) is 16.6 Å². The quantitative estimate of drug-likeness (QED) is 0.231. The van der Waals surface area contributed by atoms with E-state index >= 15 is 0 Å². The number of carbonyl (C=O) groups excluding carboxylic acids is 3. The number of esters is 2. The van der Waals surface area contributed by atoms with Gasteiger partial charge in [-0.1, -0.05) is 48.6 Å². The lowest BCUT2D eigenvalue weighted by atomic mass is 10.2. The molecule has 1 heterocycles. The van der Waals surface area contributed by atoms with Crippen molar-refractivity contribution in [2.75, 3.05) is 18.9 Å². The molecule has 1 aromatic heterocycles. The van der Waals surface area contributed by atoms with Gasteiger partial charge in [0.25, 0.3) is 0 Å². The monoisotopic (exact) mass is 463 g/mol. The number of ether oxygens (including phenoxy) is 2. The molecule has 0 radical (unpaired) electrons. The summed E-state index contributed by atoms with van der Waals surface area (Å²) in [5.41, 5.74) is 6.80. The first-order valence-corrected chi connectivity index (χ1v) is 11.1. The van der Waals surface area contributed by atoms with Crippen LogP contribution >= 0.6 is 23.1 Å². The molecule has 1 unspecified atom stereocenters. The molecule has 2 aromatic rings. The minimum atomic E-state index is -1.19. The summed E-state index contributed by atoms with van der Waals surface area (Å²) in [6.45, 7) is 1.92. The van der Waals surface area contributed by atoms with Crippen molar-refractivity contribution < 1.29 is 23.9 Å². The van der Waals surface area contributed by atoms with Crippen LogP contribution in [0, 0.1) is 11.3 Å². The molecule has 12 heteroatoms. The Morgan fingerprint density at radius 2 is 2.03 bits per heavy atom. The normalized spacial score (nSPS) is 11.3. The van der Waals surface area contributed by atoms with Gasteiger partial charge in [-0.3, -0.25) is 4.79 Å². The third kappa shape index (κ3) is 7.97. The molecule has 3 N–H and O–H groups in total. The minimum Gasteiger partial charge on any atom is -0.450 e. The van der Waals surface area contributed by atoms with Crippen molar-refractivity contribution in [1.29, 1.82) is 5.26 Å². The fraction of sp³-hybridized carbons (Fsp3) is 0.368. The molecule has 0 bridgehead atoms. The first-order valence-electron chi connectivity index (χ1n) is 9.31. The average molecular weight is 464 g/mol. The van der Waals surface area contributed by atoms with Crippen LogP contribution in [0.25, 0.3) is 10.6 Å². The number of aromatic nitrogens is 2. The van der Waals surface area contributed by atoms with Gasteiger partial charge in [-0.25, -0.2) is 9.59 Å². The second-order valence-corrected chi connectivity index (χ2v) is 8.27. The van der Waals surface area contributed by atoms with Crippen LogP contribution in [0.3, 0.4) is 0 Å². The second kappa shape index (κ2) is 12.6. The molecule has 0 saturated carbocycles. The molecule has 0 fully saturated rings. The van der Waals surface area contributed by atoms with Gasteiger partial charge in [0.05, 0.1) is 24.0 Å². The fourth-order valence-corrected chi connectivity index (χ4v) is 3.74. The zero-order valence-corrected chi connectivity index (χ0v) is 18.3. The Morgan fingerprint density at radius 1 is 1.29 bits per heavy atom. The zero-order chi connectivity index (χ0) is 22.6. The molecule has 0 aliphatic carbocycles. The van der Waals surface area contributed by atoms with E-state index in [1.807, 2.05) is 13.0 Å². The molecule has 0 saturated heterocycles. The van der Waals surface area contributed by atoms with Gasteiger partial charge in [0.2, 0.25) is 0 Å². The Morgan fingerprint density at radius 3 is 2.68 bits per heavy atom. The summed E-state index contributed by atoms with van der Waals surface area (Å²) < 4.78 is 10.2. The van der Waals surface area contributed by atoms with E-state index in [-0.39, 0.29) is 18.9 Å². The van der Waals surface area contributed by atoms with Crippen molar-refractivity contribution in [3.05, 3.63) is 29.8 Å². The number of carbonyl (C=O) groups is 3. The summed E-state index contributed by atoms with van der Waals surface area (Å²) in [5.74, 6) is -1.94. The number of nitrogens with one attached hydrogen (secondary N) is 1. The molecule has 0 spiro atoms. The van der Waals surface area contributed by atoms with E-state index in [2.05, 4.69) is 15.5 Å². The molecule has 1 atom stereocenters. The molecule has 1 amide bonds. The molecule has 0 aliphatic rings. The van der Waals surface area contributed by atoms with Crippen LogP contribution in [-0.4, -0.2) is 53.2 Å². The fourth-order valence-electron chi connectivity index (χ4n) is 2.11. The number of unbranched alkanes of at least 4 members (excludes halogenated alkanes) is 1. The summed E-state index contributed by atoms with van der Waals surface area (Å²) in [5, 5.41) is 19.8. The number of rotatable bonds is 10. The molecule has 0 aliphatic heterocycles. The molecule has 31 heavy (non-hydrogen) atoms. The standard InChI is InChI=1S/C19H21N5O5S2/c1-2-3-8-28-18(27)22-14(10-21)17(26)29-15(25)11-30-19-24-23-16(31-19)13-6-4-12(9-20)5-7-13/h4-7,14H,2-3,8,10-11,21H2,1H3,(H,22,27). The number of hydrogen-bond donors (Lipinski definition) is 2. The van der Waals surface area contributed by atoms with Gasteiger partial charge < -0.3 is 20.5 Å². The summed E-state index contributed by atoms with van der Waals surface area (Å²) in [6, 6.07) is 7.72. The Hall–Kier alpha value is -3.01. The highest BCUT2D eigenvalue weighted by atomic mass is 32.2. The number of nitriles is 1. The van der Waals surface area contributed by atoms with Crippen molar-refractivity contribution in [3.63, 3.8) is 0 Å². The van der Waals surface area contributed by atoms with Gasteiger partial charge in [0.1, 0.15) is 11.0 Å². The molecular formula is C19H21N5O5S2. The van der Waals surface area contributed by atoms with Crippen LogP contribution in [0.2, 0.25) is 0 Å². The predicted octanol–water partition coefficient (Wildman–Crippen LogP) is 2.09. The number of nitrogens with zero attached hydrogens (tertiary/aromatic N) is 3. The number of nitrogens with two attached hydrogens (primary N) is 1. The SMILES string of the molecule is CCCCOC(=O)NC(CN)C(=O)OC(=O)CSc1nnc(-c2ccc(C#N)cc2)s1. The van der Waals surface area contributed by atoms with Crippen molar-refractivity contribution in [1.82, 2.24) is 15.5 Å². The van der Waals surface area contributed by atoms with Crippen LogP contribution in [0.4, 0.5) is 4.79 Å². The topological polar surface area (TPSA) is 157 Å². The maximum absolute atomic E-state index is 12.1.